The summed E-state index contributed by atoms with van der Waals surface area (Å²) in [5.41, 5.74) is 6.80. The molecular weight excluding hydrogens is 254 g/mol. The highest BCUT2D eigenvalue weighted by molar-refractivity contribution is 5.99. The smallest absolute Gasteiger partial charge is 0.253 e. The maximum absolute atomic E-state index is 12.3. The SMILES string of the molecule is COc1ccc(N)c(C(=O)NC(C)CN2CCCC2)c1. The molecular formula is C15H23N3O2. The zero-order valence-electron chi connectivity index (χ0n) is 12.2. The Hall–Kier alpha value is -1.75. The normalized spacial score (nSPS) is 16.9. The molecule has 0 aliphatic carbocycles. The van der Waals surface area contributed by atoms with Crippen molar-refractivity contribution in [3.8, 4) is 5.75 Å². The van der Waals surface area contributed by atoms with E-state index in [9.17, 15) is 4.79 Å². The lowest BCUT2D eigenvalue weighted by Gasteiger charge is -2.21. The van der Waals surface area contributed by atoms with Gasteiger partial charge in [-0.25, -0.2) is 0 Å². The summed E-state index contributed by atoms with van der Waals surface area (Å²) in [6.07, 6.45) is 2.51. The highest BCUT2D eigenvalue weighted by Gasteiger charge is 2.18. The Morgan fingerprint density at radius 3 is 2.80 bits per heavy atom. The van der Waals surface area contributed by atoms with Crippen LogP contribution in [0.4, 0.5) is 5.69 Å². The van der Waals surface area contributed by atoms with E-state index in [4.69, 9.17) is 10.5 Å². The number of carbonyl (C=O) groups is 1. The van der Waals surface area contributed by atoms with Gasteiger partial charge in [-0.3, -0.25) is 4.79 Å². The van der Waals surface area contributed by atoms with Crippen LogP contribution in [-0.2, 0) is 0 Å². The number of nitrogens with two attached hydrogens (primary N) is 1. The van der Waals surface area contributed by atoms with Gasteiger partial charge < -0.3 is 20.7 Å². The summed E-state index contributed by atoms with van der Waals surface area (Å²) in [6, 6.07) is 5.22. The van der Waals surface area contributed by atoms with E-state index < -0.39 is 0 Å². The van der Waals surface area contributed by atoms with E-state index in [-0.39, 0.29) is 11.9 Å². The molecule has 1 fully saturated rings. The molecule has 0 bridgehead atoms. The first-order valence-electron chi connectivity index (χ1n) is 7.07. The topological polar surface area (TPSA) is 67.6 Å². The van der Waals surface area contributed by atoms with Crippen LogP contribution in [0.1, 0.15) is 30.1 Å². The zero-order chi connectivity index (χ0) is 14.5. The molecule has 5 heteroatoms. The van der Waals surface area contributed by atoms with Gasteiger partial charge in [-0.2, -0.15) is 0 Å². The summed E-state index contributed by atoms with van der Waals surface area (Å²) in [5, 5.41) is 3.00. The summed E-state index contributed by atoms with van der Waals surface area (Å²) in [6.45, 7) is 5.16. The summed E-state index contributed by atoms with van der Waals surface area (Å²) in [5.74, 6) is 0.490. The Balaban J connectivity index is 1.96. The summed E-state index contributed by atoms with van der Waals surface area (Å²) >= 11 is 0. The van der Waals surface area contributed by atoms with E-state index in [2.05, 4.69) is 10.2 Å². The number of amides is 1. The molecule has 1 aromatic rings. The first-order chi connectivity index (χ1) is 9.60. The highest BCUT2D eigenvalue weighted by atomic mass is 16.5. The fourth-order valence-corrected chi connectivity index (χ4v) is 2.56. The minimum atomic E-state index is -0.145. The molecule has 0 spiro atoms. The summed E-state index contributed by atoms with van der Waals surface area (Å²) in [7, 11) is 1.57. The molecule has 1 unspecified atom stereocenters. The number of nitrogen functional groups attached to an aromatic ring is 1. The molecule has 1 aliphatic rings. The maximum Gasteiger partial charge on any atom is 0.253 e. The Morgan fingerprint density at radius 1 is 1.45 bits per heavy atom. The second-order valence-electron chi connectivity index (χ2n) is 5.34. The molecule has 1 heterocycles. The van der Waals surface area contributed by atoms with Crippen LogP contribution in [0.25, 0.3) is 0 Å². The molecule has 1 aliphatic heterocycles. The van der Waals surface area contributed by atoms with E-state index in [1.807, 2.05) is 6.92 Å². The number of benzene rings is 1. The van der Waals surface area contributed by atoms with Crippen molar-refractivity contribution in [3.63, 3.8) is 0 Å². The van der Waals surface area contributed by atoms with Crippen molar-refractivity contribution >= 4 is 11.6 Å². The average molecular weight is 277 g/mol. The lowest BCUT2D eigenvalue weighted by molar-refractivity contribution is 0.0932. The number of likely N-dealkylation sites (tertiary alicyclic amines) is 1. The molecule has 0 aromatic heterocycles. The number of nitrogens with zero attached hydrogens (tertiary/aromatic N) is 1. The van der Waals surface area contributed by atoms with Gasteiger partial charge in [0.2, 0.25) is 0 Å². The van der Waals surface area contributed by atoms with Crippen molar-refractivity contribution in [1.82, 2.24) is 10.2 Å². The van der Waals surface area contributed by atoms with Crippen LogP contribution in [0, 0.1) is 0 Å². The lowest BCUT2D eigenvalue weighted by Crippen LogP contribution is -2.41. The Morgan fingerprint density at radius 2 is 2.15 bits per heavy atom. The van der Waals surface area contributed by atoms with Crippen LogP contribution >= 0.6 is 0 Å². The minimum Gasteiger partial charge on any atom is -0.497 e. The molecule has 1 amide bonds. The second kappa shape index (κ2) is 6.61. The van der Waals surface area contributed by atoms with Gasteiger partial charge in [0.15, 0.2) is 0 Å². The van der Waals surface area contributed by atoms with Gasteiger partial charge in [-0.1, -0.05) is 0 Å². The van der Waals surface area contributed by atoms with Crippen molar-refractivity contribution < 1.29 is 9.53 Å². The number of hydrogen-bond acceptors (Lipinski definition) is 4. The van der Waals surface area contributed by atoms with E-state index in [0.29, 0.717) is 17.0 Å². The molecule has 3 N–H and O–H groups in total. The van der Waals surface area contributed by atoms with Crippen molar-refractivity contribution in [2.45, 2.75) is 25.8 Å². The predicted molar refractivity (Wildman–Crippen MR) is 80.0 cm³/mol. The average Bonchev–Trinajstić information content (AvgIpc) is 2.91. The first kappa shape index (κ1) is 14.7. The molecule has 2 rings (SSSR count). The van der Waals surface area contributed by atoms with Gasteiger partial charge in [0.25, 0.3) is 5.91 Å². The molecule has 110 valence electrons. The van der Waals surface area contributed by atoms with E-state index >= 15 is 0 Å². The Bertz CT molecular complexity index is 470. The lowest BCUT2D eigenvalue weighted by atomic mass is 10.1. The molecule has 1 atom stereocenters. The number of methoxy groups -OCH3 is 1. The molecule has 20 heavy (non-hydrogen) atoms. The van der Waals surface area contributed by atoms with Gasteiger partial charge in [0, 0.05) is 18.3 Å². The van der Waals surface area contributed by atoms with Gasteiger partial charge >= 0.3 is 0 Å². The number of anilines is 1. The van der Waals surface area contributed by atoms with E-state index in [1.165, 1.54) is 12.8 Å². The summed E-state index contributed by atoms with van der Waals surface area (Å²) in [4.78, 5) is 14.6. The zero-order valence-corrected chi connectivity index (χ0v) is 12.2. The Kier molecular flexibility index (Phi) is 4.84. The highest BCUT2D eigenvalue weighted by Crippen LogP contribution is 2.19. The quantitative estimate of drug-likeness (QED) is 0.800. The van der Waals surface area contributed by atoms with Crippen LogP contribution in [0.3, 0.4) is 0 Å². The standard InChI is InChI=1S/C15H23N3O2/c1-11(10-18-7-3-4-8-18)17-15(19)13-9-12(20-2)5-6-14(13)16/h5-6,9,11H,3-4,7-8,10,16H2,1-2H3,(H,17,19). The molecule has 0 saturated carbocycles. The number of hydrogen-bond donors (Lipinski definition) is 2. The number of rotatable bonds is 5. The van der Waals surface area contributed by atoms with E-state index in [0.717, 1.165) is 19.6 Å². The maximum atomic E-state index is 12.3. The van der Waals surface area contributed by atoms with Crippen LogP contribution in [0.15, 0.2) is 18.2 Å². The number of ether oxygens (including phenoxy) is 1. The molecule has 0 radical (unpaired) electrons. The molecule has 1 saturated heterocycles. The van der Waals surface area contributed by atoms with Gasteiger partial charge in [-0.15, -0.1) is 0 Å². The van der Waals surface area contributed by atoms with Crippen molar-refractivity contribution in [3.05, 3.63) is 23.8 Å². The van der Waals surface area contributed by atoms with Crippen molar-refractivity contribution in [1.29, 1.82) is 0 Å². The van der Waals surface area contributed by atoms with E-state index in [1.54, 1.807) is 25.3 Å². The van der Waals surface area contributed by atoms with Crippen LogP contribution in [-0.4, -0.2) is 43.6 Å². The fourth-order valence-electron chi connectivity index (χ4n) is 2.56. The molecule has 1 aromatic carbocycles. The second-order valence-corrected chi connectivity index (χ2v) is 5.34. The van der Waals surface area contributed by atoms with Crippen LogP contribution in [0.5, 0.6) is 5.75 Å². The van der Waals surface area contributed by atoms with Crippen LogP contribution < -0.4 is 15.8 Å². The van der Waals surface area contributed by atoms with Crippen molar-refractivity contribution in [2.75, 3.05) is 32.5 Å². The number of nitrogens with one attached hydrogen (secondary N) is 1. The monoisotopic (exact) mass is 277 g/mol. The minimum absolute atomic E-state index is 0.103. The number of carbonyl (C=O) groups excluding carboxylic acids is 1. The largest absolute Gasteiger partial charge is 0.497 e. The van der Waals surface area contributed by atoms with Crippen molar-refractivity contribution in [2.24, 2.45) is 0 Å². The summed E-state index contributed by atoms with van der Waals surface area (Å²) < 4.78 is 5.13. The predicted octanol–water partition coefficient (Wildman–Crippen LogP) is 1.49. The van der Waals surface area contributed by atoms with Gasteiger partial charge in [0.1, 0.15) is 5.75 Å². The first-order valence-corrected chi connectivity index (χ1v) is 7.07. The fraction of sp³-hybridized carbons (Fsp3) is 0.533. The molecule has 5 nitrogen and oxygen atoms in total. The third-order valence-electron chi connectivity index (χ3n) is 3.61. The van der Waals surface area contributed by atoms with Gasteiger partial charge in [0.05, 0.1) is 12.7 Å². The van der Waals surface area contributed by atoms with Gasteiger partial charge in [-0.05, 0) is 51.1 Å². The Labute approximate surface area is 120 Å². The third kappa shape index (κ3) is 3.63. The third-order valence-corrected chi connectivity index (χ3v) is 3.61. The van der Waals surface area contributed by atoms with Crippen LogP contribution in [0.2, 0.25) is 0 Å².